The molecule has 0 bridgehead atoms. The second-order valence-electron chi connectivity index (χ2n) is 6.44. The molecule has 1 atom stereocenters. The highest BCUT2D eigenvalue weighted by Crippen LogP contribution is 2.19. The Kier molecular flexibility index (Phi) is 5.51. The first-order valence-corrected chi connectivity index (χ1v) is 9.42. The number of likely N-dealkylation sites (tertiary alicyclic amines) is 1. The van der Waals surface area contributed by atoms with Crippen LogP contribution in [0.2, 0.25) is 0 Å². The van der Waals surface area contributed by atoms with Crippen LogP contribution in [0.1, 0.15) is 42.5 Å². The minimum atomic E-state index is 0.193. The van der Waals surface area contributed by atoms with Gasteiger partial charge in [-0.1, -0.05) is 17.7 Å². The van der Waals surface area contributed by atoms with Crippen molar-refractivity contribution in [2.24, 2.45) is 0 Å². The van der Waals surface area contributed by atoms with Crippen molar-refractivity contribution in [2.75, 3.05) is 6.54 Å². The number of nitrogens with zero attached hydrogens (tertiary/aromatic N) is 2. The van der Waals surface area contributed by atoms with Gasteiger partial charge in [-0.2, -0.15) is 0 Å². The van der Waals surface area contributed by atoms with Crippen LogP contribution in [-0.4, -0.2) is 28.4 Å². The Bertz CT molecular complexity index is 681. The molecule has 0 aliphatic carbocycles. The molecule has 4 nitrogen and oxygen atoms in total. The molecule has 1 fully saturated rings. The lowest BCUT2D eigenvalue weighted by molar-refractivity contribution is -0.133. The smallest absolute Gasteiger partial charge is 0.228 e. The van der Waals surface area contributed by atoms with Crippen LogP contribution in [-0.2, 0) is 17.8 Å². The number of carbonyl (C=O) groups is 1. The molecule has 5 heteroatoms. The van der Waals surface area contributed by atoms with Gasteiger partial charge < -0.3 is 9.64 Å². The molecule has 1 aliphatic heterocycles. The van der Waals surface area contributed by atoms with Gasteiger partial charge in [-0.05, 0) is 45.2 Å². The van der Waals surface area contributed by atoms with Gasteiger partial charge in [0, 0.05) is 18.0 Å². The maximum Gasteiger partial charge on any atom is 0.228 e. The van der Waals surface area contributed by atoms with E-state index in [1.807, 2.05) is 34.5 Å². The lowest BCUT2D eigenvalue weighted by atomic mass is 10.0. The summed E-state index contributed by atoms with van der Waals surface area (Å²) in [5.74, 6) is 1.04. The third-order valence-electron chi connectivity index (χ3n) is 4.44. The van der Waals surface area contributed by atoms with Crippen LogP contribution in [0.3, 0.4) is 0 Å². The Balaban J connectivity index is 1.53. The van der Waals surface area contributed by atoms with E-state index in [0.717, 1.165) is 35.8 Å². The van der Waals surface area contributed by atoms with E-state index in [2.05, 4.69) is 18.8 Å². The van der Waals surface area contributed by atoms with Gasteiger partial charge in [0.05, 0.1) is 12.1 Å². The van der Waals surface area contributed by atoms with E-state index >= 15 is 0 Å². The molecule has 24 heavy (non-hydrogen) atoms. The van der Waals surface area contributed by atoms with Crippen LogP contribution in [0.15, 0.2) is 29.6 Å². The third kappa shape index (κ3) is 4.35. The fourth-order valence-electron chi connectivity index (χ4n) is 3.00. The normalized spacial score (nSPS) is 17.8. The van der Waals surface area contributed by atoms with Crippen LogP contribution < -0.4 is 4.74 Å². The van der Waals surface area contributed by atoms with E-state index in [1.54, 1.807) is 11.3 Å². The van der Waals surface area contributed by atoms with Gasteiger partial charge in [-0.25, -0.2) is 4.98 Å². The maximum absolute atomic E-state index is 12.5. The van der Waals surface area contributed by atoms with Crippen molar-refractivity contribution in [1.82, 2.24) is 9.88 Å². The van der Waals surface area contributed by atoms with Crippen LogP contribution >= 0.6 is 11.3 Å². The Hall–Kier alpha value is -1.88. The Labute approximate surface area is 147 Å². The summed E-state index contributed by atoms with van der Waals surface area (Å²) in [6.45, 7) is 5.52. The summed E-state index contributed by atoms with van der Waals surface area (Å²) < 4.78 is 5.75. The molecule has 2 aromatic rings. The van der Waals surface area contributed by atoms with Crippen molar-refractivity contribution in [3.63, 3.8) is 0 Å². The van der Waals surface area contributed by atoms with E-state index in [4.69, 9.17) is 4.74 Å². The quantitative estimate of drug-likeness (QED) is 0.824. The van der Waals surface area contributed by atoms with Gasteiger partial charge in [0.1, 0.15) is 17.4 Å². The summed E-state index contributed by atoms with van der Waals surface area (Å²) in [5.41, 5.74) is 2.06. The molecule has 0 radical (unpaired) electrons. The Morgan fingerprint density at radius 3 is 2.88 bits per heavy atom. The first kappa shape index (κ1) is 17.0. The molecule has 3 rings (SSSR count). The highest BCUT2D eigenvalue weighted by Gasteiger charge is 2.23. The van der Waals surface area contributed by atoms with Crippen molar-refractivity contribution in [3.05, 3.63) is 45.9 Å². The standard InChI is InChI=1S/C19H24N2O2S/c1-14-6-8-17(9-7-14)23-12-18-20-16(13-24-18)11-19(22)21-10-4-3-5-15(21)2/h6-9,13,15H,3-5,10-12H2,1-2H3. The van der Waals surface area contributed by atoms with Crippen LogP contribution in [0, 0.1) is 6.92 Å². The van der Waals surface area contributed by atoms with Crippen molar-refractivity contribution >= 4 is 17.2 Å². The van der Waals surface area contributed by atoms with Gasteiger partial charge in [-0.15, -0.1) is 11.3 Å². The van der Waals surface area contributed by atoms with Crippen molar-refractivity contribution < 1.29 is 9.53 Å². The molecule has 1 unspecified atom stereocenters. The molecule has 1 amide bonds. The SMILES string of the molecule is Cc1ccc(OCc2nc(CC(=O)N3CCCCC3C)cs2)cc1. The second-order valence-corrected chi connectivity index (χ2v) is 7.39. The molecular weight excluding hydrogens is 320 g/mol. The Morgan fingerprint density at radius 1 is 1.33 bits per heavy atom. The van der Waals surface area contributed by atoms with Crippen LogP contribution in [0.5, 0.6) is 5.75 Å². The third-order valence-corrected chi connectivity index (χ3v) is 5.31. The minimum absolute atomic E-state index is 0.193. The number of piperidine rings is 1. The lowest BCUT2D eigenvalue weighted by Crippen LogP contribution is -2.42. The van der Waals surface area contributed by atoms with Gasteiger partial charge >= 0.3 is 0 Å². The molecule has 128 valence electrons. The average Bonchev–Trinajstić information content (AvgIpc) is 3.02. The van der Waals surface area contributed by atoms with Gasteiger partial charge in [-0.3, -0.25) is 4.79 Å². The number of amides is 1. The van der Waals surface area contributed by atoms with Crippen molar-refractivity contribution in [2.45, 2.75) is 52.2 Å². The summed E-state index contributed by atoms with van der Waals surface area (Å²) in [4.78, 5) is 19.0. The summed E-state index contributed by atoms with van der Waals surface area (Å²) in [7, 11) is 0. The number of hydrogen-bond acceptors (Lipinski definition) is 4. The first-order valence-electron chi connectivity index (χ1n) is 8.54. The summed E-state index contributed by atoms with van der Waals surface area (Å²) in [6, 6.07) is 8.34. The number of carbonyl (C=O) groups excluding carboxylic acids is 1. The molecule has 0 N–H and O–H groups in total. The number of aryl methyl sites for hydroxylation is 1. The van der Waals surface area contributed by atoms with E-state index in [1.165, 1.54) is 12.0 Å². The number of benzene rings is 1. The molecule has 0 saturated carbocycles. The number of aromatic nitrogens is 1. The average molecular weight is 344 g/mol. The minimum Gasteiger partial charge on any atom is -0.486 e. The lowest BCUT2D eigenvalue weighted by Gasteiger charge is -2.33. The molecule has 1 aromatic carbocycles. The van der Waals surface area contributed by atoms with Crippen LogP contribution in [0.4, 0.5) is 0 Å². The summed E-state index contributed by atoms with van der Waals surface area (Å²) >= 11 is 1.55. The topological polar surface area (TPSA) is 42.4 Å². The zero-order valence-corrected chi connectivity index (χ0v) is 15.1. The molecule has 0 spiro atoms. The molecule has 1 aliphatic rings. The number of rotatable bonds is 5. The zero-order chi connectivity index (χ0) is 16.9. The van der Waals surface area contributed by atoms with E-state index in [9.17, 15) is 4.79 Å². The van der Waals surface area contributed by atoms with E-state index < -0.39 is 0 Å². The fraction of sp³-hybridized carbons (Fsp3) is 0.474. The van der Waals surface area contributed by atoms with E-state index in [0.29, 0.717) is 19.1 Å². The van der Waals surface area contributed by atoms with E-state index in [-0.39, 0.29) is 5.91 Å². The molecular formula is C19H24N2O2S. The highest BCUT2D eigenvalue weighted by molar-refractivity contribution is 7.09. The van der Waals surface area contributed by atoms with Gasteiger partial charge in [0.25, 0.3) is 0 Å². The van der Waals surface area contributed by atoms with Crippen molar-refractivity contribution in [3.8, 4) is 5.75 Å². The maximum atomic E-state index is 12.5. The first-order chi connectivity index (χ1) is 11.6. The number of ether oxygens (including phenoxy) is 1. The highest BCUT2D eigenvalue weighted by atomic mass is 32.1. The van der Waals surface area contributed by atoms with Gasteiger partial charge in [0.2, 0.25) is 5.91 Å². The summed E-state index contributed by atoms with van der Waals surface area (Å²) in [5, 5.41) is 2.88. The molecule has 1 saturated heterocycles. The van der Waals surface area contributed by atoms with Crippen LogP contribution in [0.25, 0.3) is 0 Å². The zero-order valence-electron chi connectivity index (χ0n) is 14.3. The number of hydrogen-bond donors (Lipinski definition) is 0. The molecule has 2 heterocycles. The summed E-state index contributed by atoms with van der Waals surface area (Å²) in [6.07, 6.45) is 3.84. The fourth-order valence-corrected chi connectivity index (χ4v) is 3.71. The predicted octanol–water partition coefficient (Wildman–Crippen LogP) is 3.97. The largest absolute Gasteiger partial charge is 0.486 e. The monoisotopic (exact) mass is 344 g/mol. The molecule has 1 aromatic heterocycles. The van der Waals surface area contributed by atoms with Gasteiger partial charge in [0.15, 0.2) is 0 Å². The second kappa shape index (κ2) is 7.79. The van der Waals surface area contributed by atoms with Crippen molar-refractivity contribution in [1.29, 1.82) is 0 Å². The number of thiazole rings is 1. The predicted molar refractivity (Wildman–Crippen MR) is 96.4 cm³/mol. The Morgan fingerprint density at radius 2 is 2.12 bits per heavy atom.